The number of fused-ring (bicyclic) bond motifs is 1. The molecule has 0 radical (unpaired) electrons. The van der Waals surface area contributed by atoms with Crippen LogP contribution >= 0.6 is 0 Å². The molecule has 2 amide bonds. The number of anilines is 1. The Kier molecular flexibility index (Phi) is 5.39. The molecule has 2 aromatic carbocycles. The van der Waals surface area contributed by atoms with E-state index in [1.807, 2.05) is 32.9 Å². The molecule has 1 fully saturated rings. The van der Waals surface area contributed by atoms with Crippen LogP contribution in [0.4, 0.5) is 14.9 Å². The van der Waals surface area contributed by atoms with E-state index in [0.29, 0.717) is 42.1 Å². The third kappa shape index (κ3) is 4.84. The van der Waals surface area contributed by atoms with E-state index < -0.39 is 11.7 Å². The molecule has 1 aliphatic rings. The van der Waals surface area contributed by atoms with E-state index in [9.17, 15) is 14.0 Å². The summed E-state index contributed by atoms with van der Waals surface area (Å²) in [5.41, 5.74) is 2.23. The molecular weight excluding hydrogens is 399 g/mol. The Balaban J connectivity index is 1.37. The van der Waals surface area contributed by atoms with Crippen molar-refractivity contribution in [1.29, 1.82) is 0 Å². The molecule has 0 aliphatic carbocycles. The monoisotopic (exact) mass is 424 g/mol. The Morgan fingerprint density at radius 1 is 1.19 bits per heavy atom. The third-order valence-electron chi connectivity index (χ3n) is 5.08. The maximum atomic E-state index is 13.4. The Bertz CT molecular complexity index is 1120. The number of likely N-dealkylation sites (tertiary alicyclic amines) is 1. The predicted molar refractivity (Wildman–Crippen MR) is 116 cm³/mol. The smallest absolute Gasteiger partial charge is 0.410 e. The molecule has 31 heavy (non-hydrogen) atoms. The van der Waals surface area contributed by atoms with Crippen molar-refractivity contribution in [1.82, 2.24) is 14.9 Å². The zero-order chi connectivity index (χ0) is 22.2. The molecule has 1 aliphatic heterocycles. The first kappa shape index (κ1) is 20.8. The summed E-state index contributed by atoms with van der Waals surface area (Å²) in [5.74, 6) is -0.101. The zero-order valence-corrected chi connectivity index (χ0v) is 17.7. The fourth-order valence-electron chi connectivity index (χ4n) is 3.54. The Labute approximate surface area is 179 Å². The summed E-state index contributed by atoms with van der Waals surface area (Å²) in [7, 11) is 0. The lowest BCUT2D eigenvalue weighted by Crippen LogP contribution is -2.36. The van der Waals surface area contributed by atoms with Crippen LogP contribution in [0.15, 0.2) is 42.5 Å². The Morgan fingerprint density at radius 2 is 1.94 bits per heavy atom. The maximum absolute atomic E-state index is 13.4. The van der Waals surface area contributed by atoms with Crippen LogP contribution in [0.3, 0.4) is 0 Å². The summed E-state index contributed by atoms with van der Waals surface area (Å²) in [6, 6.07) is 11.7. The number of amides is 2. The lowest BCUT2D eigenvalue weighted by Gasteiger charge is -2.24. The average Bonchev–Trinajstić information content (AvgIpc) is 3.34. The first-order chi connectivity index (χ1) is 14.7. The number of aromatic nitrogens is 2. The van der Waals surface area contributed by atoms with Crippen molar-refractivity contribution in [3.8, 4) is 11.4 Å². The number of aromatic amines is 1. The first-order valence-electron chi connectivity index (χ1n) is 10.2. The van der Waals surface area contributed by atoms with Gasteiger partial charge in [0.25, 0.3) is 0 Å². The van der Waals surface area contributed by atoms with Crippen molar-refractivity contribution < 1.29 is 18.7 Å². The van der Waals surface area contributed by atoms with Gasteiger partial charge in [-0.2, -0.15) is 0 Å². The molecule has 2 heterocycles. The number of nitrogens with one attached hydrogen (secondary N) is 2. The second-order valence-electron chi connectivity index (χ2n) is 8.73. The molecule has 2 N–H and O–H groups in total. The molecule has 1 unspecified atom stereocenters. The number of nitrogens with zero attached hydrogens (tertiary/aromatic N) is 2. The number of carbonyl (C=O) groups is 2. The summed E-state index contributed by atoms with van der Waals surface area (Å²) in [5, 5.41) is 2.91. The highest BCUT2D eigenvalue weighted by Crippen LogP contribution is 2.24. The molecule has 0 bridgehead atoms. The van der Waals surface area contributed by atoms with E-state index >= 15 is 0 Å². The number of hydrogen-bond acceptors (Lipinski definition) is 4. The van der Waals surface area contributed by atoms with Gasteiger partial charge in [0.2, 0.25) is 5.91 Å². The van der Waals surface area contributed by atoms with Crippen molar-refractivity contribution in [3.63, 3.8) is 0 Å². The van der Waals surface area contributed by atoms with Gasteiger partial charge in [0.05, 0.1) is 17.0 Å². The van der Waals surface area contributed by atoms with Gasteiger partial charge >= 0.3 is 6.09 Å². The van der Waals surface area contributed by atoms with E-state index in [1.165, 1.54) is 12.1 Å². The number of imidazole rings is 1. The molecule has 1 saturated heterocycles. The number of carbonyl (C=O) groups excluding carboxylic acids is 2. The molecule has 4 rings (SSSR count). The van der Waals surface area contributed by atoms with E-state index in [4.69, 9.17) is 4.74 Å². The number of benzene rings is 2. The van der Waals surface area contributed by atoms with E-state index in [0.717, 1.165) is 5.56 Å². The van der Waals surface area contributed by atoms with Gasteiger partial charge in [-0.15, -0.1) is 0 Å². The van der Waals surface area contributed by atoms with Crippen LogP contribution in [-0.4, -0.2) is 45.6 Å². The summed E-state index contributed by atoms with van der Waals surface area (Å²) >= 11 is 0. The van der Waals surface area contributed by atoms with Crippen LogP contribution in [-0.2, 0) is 9.53 Å². The van der Waals surface area contributed by atoms with E-state index in [2.05, 4.69) is 15.3 Å². The van der Waals surface area contributed by atoms with Crippen LogP contribution in [0.25, 0.3) is 22.4 Å². The Morgan fingerprint density at radius 3 is 2.65 bits per heavy atom. The number of ether oxygens (including phenoxy) is 1. The highest BCUT2D eigenvalue weighted by atomic mass is 19.1. The van der Waals surface area contributed by atoms with Gasteiger partial charge in [-0.05, 0) is 69.7 Å². The van der Waals surface area contributed by atoms with Crippen LogP contribution < -0.4 is 5.32 Å². The second kappa shape index (κ2) is 8.02. The lowest BCUT2D eigenvalue weighted by atomic mass is 10.1. The van der Waals surface area contributed by atoms with Crippen LogP contribution in [0.2, 0.25) is 0 Å². The fourth-order valence-corrected chi connectivity index (χ4v) is 3.54. The Hall–Kier alpha value is -3.42. The molecule has 1 aromatic heterocycles. The number of H-pyrrole nitrogens is 1. The van der Waals surface area contributed by atoms with E-state index in [1.54, 1.807) is 23.1 Å². The lowest BCUT2D eigenvalue weighted by molar-refractivity contribution is -0.119. The maximum Gasteiger partial charge on any atom is 0.410 e. The van der Waals surface area contributed by atoms with Crippen molar-refractivity contribution in [2.24, 2.45) is 5.92 Å². The highest BCUT2D eigenvalue weighted by Gasteiger charge is 2.33. The van der Waals surface area contributed by atoms with Crippen LogP contribution in [0, 0.1) is 11.7 Å². The van der Waals surface area contributed by atoms with Crippen LogP contribution in [0.1, 0.15) is 27.2 Å². The molecule has 7 nitrogen and oxygen atoms in total. The largest absolute Gasteiger partial charge is 0.444 e. The van der Waals surface area contributed by atoms with Gasteiger partial charge in [0.15, 0.2) is 0 Å². The number of halogens is 1. The number of hydrogen-bond donors (Lipinski definition) is 2. The standard InChI is InChI=1S/C23H25FN4O3/c1-23(2,3)31-22(30)28-11-10-15(13-28)21(29)25-17-7-4-14(5-8-17)20-26-18-9-6-16(24)12-19(18)27-20/h4-9,12,15H,10-11,13H2,1-3H3,(H,25,29)(H,26,27). The minimum Gasteiger partial charge on any atom is -0.444 e. The van der Waals surface area contributed by atoms with Crippen molar-refractivity contribution in [3.05, 3.63) is 48.3 Å². The highest BCUT2D eigenvalue weighted by molar-refractivity contribution is 5.93. The van der Waals surface area contributed by atoms with Crippen molar-refractivity contribution in [2.75, 3.05) is 18.4 Å². The second-order valence-corrected chi connectivity index (χ2v) is 8.73. The third-order valence-corrected chi connectivity index (χ3v) is 5.08. The van der Waals surface area contributed by atoms with E-state index in [-0.39, 0.29) is 17.6 Å². The minimum absolute atomic E-state index is 0.127. The molecular formula is C23H25FN4O3. The van der Waals surface area contributed by atoms with Crippen molar-refractivity contribution in [2.45, 2.75) is 32.8 Å². The van der Waals surface area contributed by atoms with Gasteiger partial charge in [-0.1, -0.05) is 0 Å². The molecule has 3 aromatic rings. The van der Waals surface area contributed by atoms with Gasteiger partial charge < -0.3 is 19.9 Å². The normalized spacial score (nSPS) is 16.5. The molecule has 162 valence electrons. The molecule has 0 spiro atoms. The summed E-state index contributed by atoms with van der Waals surface area (Å²) in [6.45, 7) is 6.29. The van der Waals surface area contributed by atoms with Gasteiger partial charge in [0, 0.05) is 24.3 Å². The van der Waals surface area contributed by atoms with Gasteiger partial charge in [0.1, 0.15) is 17.2 Å². The number of rotatable bonds is 3. The minimum atomic E-state index is -0.562. The molecule has 1 atom stereocenters. The quantitative estimate of drug-likeness (QED) is 0.645. The zero-order valence-electron chi connectivity index (χ0n) is 17.7. The SMILES string of the molecule is CC(C)(C)OC(=O)N1CCC(C(=O)Nc2ccc(-c3nc4ccc(F)cc4[nH]3)cc2)C1. The summed E-state index contributed by atoms with van der Waals surface area (Å²) in [6.07, 6.45) is 0.205. The topological polar surface area (TPSA) is 87.3 Å². The summed E-state index contributed by atoms with van der Waals surface area (Å²) < 4.78 is 18.8. The van der Waals surface area contributed by atoms with Gasteiger partial charge in [-0.25, -0.2) is 14.2 Å². The predicted octanol–water partition coefficient (Wildman–Crippen LogP) is 4.56. The average molecular weight is 424 g/mol. The van der Waals surface area contributed by atoms with Crippen LogP contribution in [0.5, 0.6) is 0 Å². The van der Waals surface area contributed by atoms with Gasteiger partial charge in [-0.3, -0.25) is 4.79 Å². The van der Waals surface area contributed by atoms with Crippen molar-refractivity contribution >= 4 is 28.7 Å². The first-order valence-corrected chi connectivity index (χ1v) is 10.2. The molecule has 8 heteroatoms. The summed E-state index contributed by atoms with van der Waals surface area (Å²) in [4.78, 5) is 34.0. The molecule has 0 saturated carbocycles. The fraction of sp³-hybridized carbons (Fsp3) is 0.348.